The molecule has 132 valence electrons. The summed E-state index contributed by atoms with van der Waals surface area (Å²) in [6.07, 6.45) is 5.86. The average molecular weight is 343 g/mol. The minimum Gasteiger partial charge on any atom is -0.485 e. The maximum atomic E-state index is 12.6. The second kappa shape index (κ2) is 7.79. The molecule has 1 atom stereocenters. The number of hydrogen-bond donors (Lipinski definition) is 2. The summed E-state index contributed by atoms with van der Waals surface area (Å²) in [5, 5.41) is 5.44. The number of carbonyl (C=O) groups excluding carboxylic acids is 2. The number of likely N-dealkylation sites (tertiary alicyclic amines) is 1. The number of piperidine rings is 1. The van der Waals surface area contributed by atoms with Crippen molar-refractivity contribution in [3.05, 3.63) is 24.3 Å². The lowest BCUT2D eigenvalue weighted by Gasteiger charge is -2.35. The van der Waals surface area contributed by atoms with Crippen LogP contribution in [0.2, 0.25) is 0 Å². The predicted octanol–water partition coefficient (Wildman–Crippen LogP) is 0.750. The van der Waals surface area contributed by atoms with E-state index in [-0.39, 0.29) is 31.1 Å². The fraction of sp³-hybridized carbons (Fsp3) is 0.444. The molecule has 1 aromatic rings. The minimum atomic E-state index is -0.627. The van der Waals surface area contributed by atoms with E-state index in [0.29, 0.717) is 37.4 Å². The van der Waals surface area contributed by atoms with Gasteiger partial charge in [0.05, 0.1) is 6.54 Å². The van der Waals surface area contributed by atoms with Gasteiger partial charge in [0.15, 0.2) is 11.5 Å². The molecule has 0 unspecified atom stereocenters. The number of urea groups is 1. The van der Waals surface area contributed by atoms with Gasteiger partial charge < -0.3 is 25.0 Å². The summed E-state index contributed by atoms with van der Waals surface area (Å²) >= 11 is 0. The number of ether oxygens (including phenoxy) is 2. The highest BCUT2D eigenvalue weighted by atomic mass is 16.6. The SMILES string of the molecule is C#CCNC(=O)NC1CCN(C(=O)[C@@H]2COc3ccccc3O2)CC1. The van der Waals surface area contributed by atoms with Crippen LogP contribution in [0.3, 0.4) is 0 Å². The molecule has 0 radical (unpaired) electrons. The number of terminal acetylenes is 1. The van der Waals surface area contributed by atoms with Crippen molar-refractivity contribution >= 4 is 11.9 Å². The summed E-state index contributed by atoms with van der Waals surface area (Å²) in [5.41, 5.74) is 0. The molecular formula is C18H21N3O4. The van der Waals surface area contributed by atoms with Crippen molar-refractivity contribution in [2.45, 2.75) is 25.0 Å². The van der Waals surface area contributed by atoms with E-state index in [0.717, 1.165) is 0 Å². The number of hydrogen-bond acceptors (Lipinski definition) is 4. The van der Waals surface area contributed by atoms with Crippen LogP contribution in [0.25, 0.3) is 0 Å². The van der Waals surface area contributed by atoms with Gasteiger partial charge in [-0.1, -0.05) is 18.1 Å². The summed E-state index contributed by atoms with van der Waals surface area (Å²) in [4.78, 5) is 26.0. The van der Waals surface area contributed by atoms with Crippen molar-refractivity contribution in [3.8, 4) is 23.8 Å². The van der Waals surface area contributed by atoms with Crippen LogP contribution < -0.4 is 20.1 Å². The van der Waals surface area contributed by atoms with Crippen LogP contribution in [0.4, 0.5) is 4.79 Å². The van der Waals surface area contributed by atoms with Crippen LogP contribution in [-0.2, 0) is 4.79 Å². The molecule has 0 bridgehead atoms. The van der Waals surface area contributed by atoms with E-state index >= 15 is 0 Å². The Balaban J connectivity index is 1.48. The number of benzene rings is 1. The molecule has 0 aromatic heterocycles. The molecule has 2 heterocycles. The Morgan fingerprint density at radius 3 is 2.68 bits per heavy atom. The first kappa shape index (κ1) is 17.0. The first-order chi connectivity index (χ1) is 12.2. The molecule has 1 saturated heterocycles. The van der Waals surface area contributed by atoms with Gasteiger partial charge in [0.2, 0.25) is 6.10 Å². The lowest BCUT2D eigenvalue weighted by molar-refractivity contribution is -0.142. The van der Waals surface area contributed by atoms with Crippen LogP contribution in [0, 0.1) is 12.3 Å². The summed E-state index contributed by atoms with van der Waals surface area (Å²) in [6, 6.07) is 7.08. The largest absolute Gasteiger partial charge is 0.485 e. The smallest absolute Gasteiger partial charge is 0.315 e. The maximum absolute atomic E-state index is 12.6. The molecule has 3 amide bonds. The van der Waals surface area contributed by atoms with E-state index in [1.807, 2.05) is 18.2 Å². The van der Waals surface area contributed by atoms with Crippen molar-refractivity contribution in [1.29, 1.82) is 0 Å². The molecule has 0 aliphatic carbocycles. The van der Waals surface area contributed by atoms with Gasteiger partial charge in [-0.05, 0) is 25.0 Å². The number of fused-ring (bicyclic) bond motifs is 1. The third-order valence-electron chi connectivity index (χ3n) is 4.28. The Kier molecular flexibility index (Phi) is 5.29. The average Bonchev–Trinajstić information content (AvgIpc) is 2.66. The lowest BCUT2D eigenvalue weighted by atomic mass is 10.0. The third kappa shape index (κ3) is 4.15. The van der Waals surface area contributed by atoms with E-state index in [1.54, 1.807) is 11.0 Å². The third-order valence-corrected chi connectivity index (χ3v) is 4.28. The molecule has 7 nitrogen and oxygen atoms in total. The highest BCUT2D eigenvalue weighted by molar-refractivity contribution is 5.82. The molecular weight excluding hydrogens is 322 g/mol. The van der Waals surface area contributed by atoms with Gasteiger partial charge >= 0.3 is 6.03 Å². The highest BCUT2D eigenvalue weighted by Gasteiger charge is 2.33. The number of rotatable bonds is 3. The number of nitrogens with one attached hydrogen (secondary N) is 2. The molecule has 25 heavy (non-hydrogen) atoms. The summed E-state index contributed by atoms with van der Waals surface area (Å²) < 4.78 is 11.4. The highest BCUT2D eigenvalue weighted by Crippen LogP contribution is 2.31. The normalized spacial score (nSPS) is 19.6. The predicted molar refractivity (Wildman–Crippen MR) is 91.3 cm³/mol. The molecule has 1 fully saturated rings. The topological polar surface area (TPSA) is 79.9 Å². The van der Waals surface area contributed by atoms with Gasteiger partial charge in [0.1, 0.15) is 6.61 Å². The molecule has 1 aromatic carbocycles. The zero-order valence-corrected chi connectivity index (χ0v) is 13.9. The molecule has 3 rings (SSSR count). The van der Waals surface area contributed by atoms with Gasteiger partial charge in [0, 0.05) is 19.1 Å². The van der Waals surface area contributed by atoms with Gasteiger partial charge in [0.25, 0.3) is 5.91 Å². The van der Waals surface area contributed by atoms with E-state index in [2.05, 4.69) is 16.6 Å². The van der Waals surface area contributed by atoms with Crippen molar-refractivity contribution < 1.29 is 19.1 Å². The fourth-order valence-corrected chi connectivity index (χ4v) is 2.96. The first-order valence-electron chi connectivity index (χ1n) is 8.32. The Labute approximate surface area is 146 Å². The standard InChI is InChI=1S/C18H21N3O4/c1-2-9-19-18(23)20-13-7-10-21(11-8-13)17(22)16-12-24-14-5-3-4-6-15(14)25-16/h1,3-6,13,16H,7-12H2,(H2,19,20,23)/t16-/m0/s1. The van der Waals surface area contributed by atoms with E-state index in [9.17, 15) is 9.59 Å². The maximum Gasteiger partial charge on any atom is 0.315 e. The number of para-hydroxylation sites is 2. The van der Waals surface area contributed by atoms with Crippen LogP contribution in [0.1, 0.15) is 12.8 Å². The van der Waals surface area contributed by atoms with Crippen molar-refractivity contribution in [2.75, 3.05) is 26.2 Å². The monoisotopic (exact) mass is 343 g/mol. The molecule has 0 spiro atoms. The van der Waals surface area contributed by atoms with Gasteiger partial charge in [-0.25, -0.2) is 4.79 Å². The zero-order chi connectivity index (χ0) is 17.6. The lowest BCUT2D eigenvalue weighted by Crippen LogP contribution is -2.53. The summed E-state index contributed by atoms with van der Waals surface area (Å²) in [6.45, 7) is 1.55. The molecule has 7 heteroatoms. The second-order valence-corrected chi connectivity index (χ2v) is 5.99. The zero-order valence-electron chi connectivity index (χ0n) is 13.9. The first-order valence-corrected chi connectivity index (χ1v) is 8.32. The Bertz CT molecular complexity index is 677. The fourth-order valence-electron chi connectivity index (χ4n) is 2.96. The molecule has 2 aliphatic rings. The van der Waals surface area contributed by atoms with Gasteiger partial charge in [-0.3, -0.25) is 4.79 Å². The van der Waals surface area contributed by atoms with Gasteiger partial charge in [-0.2, -0.15) is 0 Å². The summed E-state index contributed by atoms with van der Waals surface area (Å²) in [7, 11) is 0. The number of carbonyl (C=O) groups is 2. The molecule has 2 N–H and O–H groups in total. The van der Waals surface area contributed by atoms with Crippen LogP contribution in [0.5, 0.6) is 11.5 Å². The Hall–Kier alpha value is -2.88. The Morgan fingerprint density at radius 1 is 1.24 bits per heavy atom. The van der Waals surface area contributed by atoms with Crippen LogP contribution in [-0.4, -0.2) is 55.2 Å². The van der Waals surface area contributed by atoms with E-state index in [1.165, 1.54) is 0 Å². The van der Waals surface area contributed by atoms with Crippen molar-refractivity contribution in [1.82, 2.24) is 15.5 Å². The quantitative estimate of drug-likeness (QED) is 0.794. The summed E-state index contributed by atoms with van der Waals surface area (Å²) in [5.74, 6) is 3.52. The number of nitrogens with zero attached hydrogens (tertiary/aromatic N) is 1. The van der Waals surface area contributed by atoms with E-state index in [4.69, 9.17) is 15.9 Å². The van der Waals surface area contributed by atoms with E-state index < -0.39 is 6.10 Å². The number of amides is 3. The minimum absolute atomic E-state index is 0.0334. The Morgan fingerprint density at radius 2 is 1.96 bits per heavy atom. The molecule has 0 saturated carbocycles. The van der Waals surface area contributed by atoms with Crippen molar-refractivity contribution in [2.24, 2.45) is 0 Å². The van der Waals surface area contributed by atoms with Gasteiger partial charge in [-0.15, -0.1) is 6.42 Å². The second-order valence-electron chi connectivity index (χ2n) is 5.99. The van der Waals surface area contributed by atoms with Crippen molar-refractivity contribution in [3.63, 3.8) is 0 Å². The molecule has 2 aliphatic heterocycles. The van der Waals surface area contributed by atoms with Crippen LogP contribution >= 0.6 is 0 Å². The van der Waals surface area contributed by atoms with Crippen LogP contribution in [0.15, 0.2) is 24.3 Å².